The largest absolute Gasteiger partial charge is 0.310 e. The lowest BCUT2D eigenvalue weighted by molar-refractivity contribution is 0.590. The molecule has 0 spiro atoms. The van der Waals surface area contributed by atoms with E-state index in [0.717, 1.165) is 39.1 Å². The molecule has 0 aliphatic rings. The highest BCUT2D eigenvalue weighted by Gasteiger charge is 2.26. The highest BCUT2D eigenvalue weighted by atomic mass is 15.1. The maximum Gasteiger partial charge on any atom is 0.0796 e. The third kappa shape index (κ3) is 4.21. The van der Waals surface area contributed by atoms with Gasteiger partial charge in [0.1, 0.15) is 0 Å². The Balaban J connectivity index is 1.34. The number of benzene rings is 5. The molecule has 5 aromatic heterocycles. The van der Waals surface area contributed by atoms with Crippen molar-refractivity contribution >= 4 is 82.5 Å². The van der Waals surface area contributed by atoms with Crippen molar-refractivity contribution in [1.82, 2.24) is 18.8 Å². The molecule has 0 bridgehead atoms. The Kier molecular flexibility index (Phi) is 6.04. The van der Waals surface area contributed by atoms with Gasteiger partial charge in [-0.3, -0.25) is 9.97 Å². The molecule has 0 amide bonds. The summed E-state index contributed by atoms with van der Waals surface area (Å²) in [5.41, 5.74) is 13.0. The molecule has 5 heterocycles. The van der Waals surface area contributed by atoms with Crippen molar-refractivity contribution in [2.75, 3.05) is 4.90 Å². The molecule has 0 atom stereocenters. The molecule has 0 saturated carbocycles. The molecule has 0 N–H and O–H groups in total. The SMILES string of the molecule is CC(C)(C)c1ccc(N(c2ccc(C(C)(C)C)cc2)c2ccc3c(c2)n2c4cnccc4c4c5ccccc5c5c6ccncc6n3c5c42)cc1. The van der Waals surface area contributed by atoms with Crippen molar-refractivity contribution in [2.24, 2.45) is 0 Å². The van der Waals surface area contributed by atoms with E-state index in [9.17, 15) is 0 Å². The monoisotopic (exact) mass is 661 g/mol. The first-order chi connectivity index (χ1) is 24.6. The molecule has 5 aromatic carbocycles. The summed E-state index contributed by atoms with van der Waals surface area (Å²) in [5, 5.41) is 7.46. The lowest BCUT2D eigenvalue weighted by Gasteiger charge is -2.28. The third-order valence-corrected chi connectivity index (χ3v) is 10.9. The molecular formula is C46H39N5. The molecule has 0 radical (unpaired) electrons. The van der Waals surface area contributed by atoms with E-state index in [1.54, 1.807) is 0 Å². The molecule has 0 aliphatic carbocycles. The number of aromatic nitrogens is 4. The van der Waals surface area contributed by atoms with Crippen LogP contribution < -0.4 is 4.90 Å². The first-order valence-electron chi connectivity index (χ1n) is 17.8. The van der Waals surface area contributed by atoms with Crippen molar-refractivity contribution in [3.63, 3.8) is 0 Å². The second kappa shape index (κ2) is 10.3. The number of anilines is 3. The third-order valence-electron chi connectivity index (χ3n) is 10.9. The minimum Gasteiger partial charge on any atom is -0.310 e. The van der Waals surface area contributed by atoms with Crippen molar-refractivity contribution in [3.8, 4) is 0 Å². The summed E-state index contributed by atoms with van der Waals surface area (Å²) in [5.74, 6) is 0. The minimum atomic E-state index is 0.0652. The molecule has 248 valence electrons. The first-order valence-corrected chi connectivity index (χ1v) is 17.8. The summed E-state index contributed by atoms with van der Waals surface area (Å²) >= 11 is 0. The average molecular weight is 662 g/mol. The maximum atomic E-state index is 4.67. The average Bonchev–Trinajstić information content (AvgIpc) is 3.66. The van der Waals surface area contributed by atoms with Gasteiger partial charge in [0.2, 0.25) is 0 Å². The molecule has 10 aromatic rings. The van der Waals surface area contributed by atoms with Crippen LogP contribution in [-0.4, -0.2) is 18.8 Å². The van der Waals surface area contributed by atoms with Gasteiger partial charge in [0.15, 0.2) is 0 Å². The Morgan fingerprint density at radius 3 is 1.37 bits per heavy atom. The molecular weight excluding hydrogens is 623 g/mol. The summed E-state index contributed by atoms with van der Waals surface area (Å²) in [6.45, 7) is 13.6. The summed E-state index contributed by atoms with van der Waals surface area (Å²) in [6, 6.07) is 38.3. The predicted molar refractivity (Wildman–Crippen MR) is 215 cm³/mol. The second-order valence-electron chi connectivity index (χ2n) is 16.1. The van der Waals surface area contributed by atoms with E-state index < -0.39 is 0 Å². The van der Waals surface area contributed by atoms with Gasteiger partial charge in [-0.05, 0) is 87.3 Å². The van der Waals surface area contributed by atoms with E-state index in [0.29, 0.717) is 0 Å². The van der Waals surface area contributed by atoms with E-state index in [-0.39, 0.29) is 10.8 Å². The van der Waals surface area contributed by atoms with Gasteiger partial charge in [-0.15, -0.1) is 0 Å². The van der Waals surface area contributed by atoms with E-state index >= 15 is 0 Å². The smallest absolute Gasteiger partial charge is 0.0796 e. The van der Waals surface area contributed by atoms with Crippen molar-refractivity contribution in [1.29, 1.82) is 0 Å². The Morgan fingerprint density at radius 2 is 0.902 bits per heavy atom. The minimum absolute atomic E-state index is 0.0652. The van der Waals surface area contributed by atoms with Crippen LogP contribution in [0.3, 0.4) is 0 Å². The molecule has 0 aliphatic heterocycles. The number of hydrogen-bond donors (Lipinski definition) is 0. The number of nitrogens with zero attached hydrogens (tertiary/aromatic N) is 5. The van der Waals surface area contributed by atoms with Crippen molar-refractivity contribution in [3.05, 3.63) is 139 Å². The van der Waals surface area contributed by atoms with Gasteiger partial charge in [0, 0.05) is 51.0 Å². The quantitative estimate of drug-likeness (QED) is 0.177. The second-order valence-corrected chi connectivity index (χ2v) is 16.1. The molecule has 5 nitrogen and oxygen atoms in total. The van der Waals surface area contributed by atoms with Crippen LogP contribution in [-0.2, 0) is 10.8 Å². The molecule has 0 saturated heterocycles. The van der Waals surface area contributed by atoms with Crippen LogP contribution in [0.5, 0.6) is 0 Å². The summed E-state index contributed by atoms with van der Waals surface area (Å²) in [6.07, 6.45) is 7.89. The van der Waals surface area contributed by atoms with Crippen molar-refractivity contribution in [2.45, 2.75) is 52.4 Å². The fraction of sp³-hybridized carbons (Fsp3) is 0.174. The number of pyridine rings is 2. The fourth-order valence-electron chi connectivity index (χ4n) is 8.37. The Labute approximate surface area is 296 Å². The predicted octanol–water partition coefficient (Wildman–Crippen LogP) is 12.3. The molecule has 5 heteroatoms. The van der Waals surface area contributed by atoms with Gasteiger partial charge >= 0.3 is 0 Å². The zero-order valence-corrected chi connectivity index (χ0v) is 29.9. The van der Waals surface area contributed by atoms with Crippen LogP contribution in [0.15, 0.2) is 128 Å². The number of rotatable bonds is 3. The Hall–Kier alpha value is -5.94. The molecule has 0 unspecified atom stereocenters. The highest BCUT2D eigenvalue weighted by Crippen LogP contribution is 2.47. The van der Waals surface area contributed by atoms with Gasteiger partial charge in [0.25, 0.3) is 0 Å². The van der Waals surface area contributed by atoms with Crippen LogP contribution in [0.25, 0.3) is 65.4 Å². The van der Waals surface area contributed by atoms with Crippen LogP contribution in [0.2, 0.25) is 0 Å². The van der Waals surface area contributed by atoms with Gasteiger partial charge < -0.3 is 13.7 Å². The highest BCUT2D eigenvalue weighted by molar-refractivity contribution is 6.37. The molecule has 0 fully saturated rings. The molecule has 10 rings (SSSR count). The summed E-state index contributed by atoms with van der Waals surface area (Å²) in [4.78, 5) is 11.7. The standard InChI is InChI=1S/C46H39N5/c1-45(2,3)28-11-15-30(16-12-28)49(31-17-13-29(14-18-31)46(4,5)6)32-19-20-37-38(25-32)51-40-27-48-24-22-36(40)42-34-10-8-7-9-33(34)41-35-21-23-47-26-39(35)50(37)43(41)44(42)51/h7-27H,1-6H3. The topological polar surface area (TPSA) is 37.8 Å². The van der Waals surface area contributed by atoms with Gasteiger partial charge in [-0.1, -0.05) is 90.1 Å². The zero-order chi connectivity index (χ0) is 34.8. The lowest BCUT2D eigenvalue weighted by atomic mass is 9.86. The van der Waals surface area contributed by atoms with E-state index in [2.05, 4.69) is 168 Å². The van der Waals surface area contributed by atoms with Crippen LogP contribution >= 0.6 is 0 Å². The van der Waals surface area contributed by atoms with Gasteiger partial charge in [-0.2, -0.15) is 0 Å². The van der Waals surface area contributed by atoms with Crippen molar-refractivity contribution < 1.29 is 0 Å². The summed E-state index contributed by atoms with van der Waals surface area (Å²) < 4.78 is 4.90. The number of fused-ring (bicyclic) bond motifs is 12. The summed E-state index contributed by atoms with van der Waals surface area (Å²) in [7, 11) is 0. The lowest BCUT2D eigenvalue weighted by Crippen LogP contribution is -2.14. The normalized spacial score (nSPS) is 12.9. The van der Waals surface area contributed by atoms with Crippen LogP contribution in [0.1, 0.15) is 52.7 Å². The fourth-order valence-corrected chi connectivity index (χ4v) is 8.37. The van der Waals surface area contributed by atoms with E-state index in [1.165, 1.54) is 54.5 Å². The molecule has 51 heavy (non-hydrogen) atoms. The Morgan fingerprint density at radius 1 is 0.451 bits per heavy atom. The van der Waals surface area contributed by atoms with Crippen LogP contribution in [0, 0.1) is 0 Å². The zero-order valence-electron chi connectivity index (χ0n) is 29.9. The number of hydrogen-bond acceptors (Lipinski definition) is 3. The van der Waals surface area contributed by atoms with Crippen LogP contribution in [0.4, 0.5) is 17.1 Å². The van der Waals surface area contributed by atoms with E-state index in [1.807, 2.05) is 24.8 Å². The Bertz CT molecular complexity index is 2900. The maximum absolute atomic E-state index is 4.67. The van der Waals surface area contributed by atoms with Gasteiger partial charge in [0.05, 0.1) is 45.5 Å². The van der Waals surface area contributed by atoms with Gasteiger partial charge in [-0.25, -0.2) is 0 Å². The van der Waals surface area contributed by atoms with E-state index in [4.69, 9.17) is 0 Å². The first kappa shape index (κ1) is 29.9.